The van der Waals surface area contributed by atoms with Gasteiger partial charge < -0.3 is 15.4 Å². The van der Waals surface area contributed by atoms with Crippen LogP contribution in [-0.4, -0.2) is 61.6 Å². The zero-order valence-electron chi connectivity index (χ0n) is 14.0. The van der Waals surface area contributed by atoms with Gasteiger partial charge in [0, 0.05) is 38.3 Å². The molecule has 1 aromatic carbocycles. The van der Waals surface area contributed by atoms with Crippen LogP contribution in [0.4, 0.5) is 0 Å². The number of carbonyl (C=O) groups excluding carboxylic acids is 1. The molecule has 1 atom stereocenters. The third-order valence-corrected chi connectivity index (χ3v) is 5.02. The first-order chi connectivity index (χ1) is 11.1. The van der Waals surface area contributed by atoms with Crippen LogP contribution in [0, 0.1) is 5.41 Å². The summed E-state index contributed by atoms with van der Waals surface area (Å²) in [6.45, 7) is 8.75. The van der Waals surface area contributed by atoms with E-state index in [1.54, 1.807) is 0 Å². The molecule has 2 heterocycles. The van der Waals surface area contributed by atoms with Gasteiger partial charge in [0.25, 0.3) is 5.91 Å². The molecule has 5 heteroatoms. The Morgan fingerprint density at radius 3 is 2.78 bits per heavy atom. The Hall–Kier alpha value is -1.43. The maximum absolute atomic E-state index is 12.7. The minimum absolute atomic E-state index is 0.0705. The van der Waals surface area contributed by atoms with E-state index in [-0.39, 0.29) is 11.3 Å². The monoisotopic (exact) mass is 317 g/mol. The zero-order valence-corrected chi connectivity index (χ0v) is 14.0. The summed E-state index contributed by atoms with van der Waals surface area (Å²) in [5, 5.41) is 0. The Bertz CT molecular complexity index is 557. The minimum Gasteiger partial charge on any atom is -0.379 e. The van der Waals surface area contributed by atoms with E-state index in [1.807, 2.05) is 23.1 Å². The lowest BCUT2D eigenvalue weighted by molar-refractivity contribution is 0.0341. The van der Waals surface area contributed by atoms with Crippen molar-refractivity contribution in [1.82, 2.24) is 9.80 Å². The first-order valence-electron chi connectivity index (χ1n) is 8.48. The van der Waals surface area contributed by atoms with E-state index >= 15 is 0 Å². The SMILES string of the molecule is CC1(CN)CCN(C(=O)c2cccc(CN3CCOCC3)c2)C1. The molecule has 2 saturated heterocycles. The molecule has 0 aromatic heterocycles. The standard InChI is InChI=1S/C18H27N3O2/c1-18(13-19)5-6-21(14-18)17(22)16-4-2-3-15(11-16)12-20-7-9-23-10-8-20/h2-4,11H,5-10,12-14,19H2,1H3. The van der Waals surface area contributed by atoms with Crippen molar-refractivity contribution >= 4 is 5.91 Å². The van der Waals surface area contributed by atoms with Crippen molar-refractivity contribution in [3.8, 4) is 0 Å². The molecule has 0 aliphatic carbocycles. The number of hydrogen-bond donors (Lipinski definition) is 1. The van der Waals surface area contributed by atoms with Crippen LogP contribution in [0.5, 0.6) is 0 Å². The Kier molecular flexibility index (Phi) is 4.99. The molecule has 126 valence electrons. The normalized spacial score (nSPS) is 25.7. The summed E-state index contributed by atoms with van der Waals surface area (Å²) in [4.78, 5) is 17.1. The smallest absolute Gasteiger partial charge is 0.253 e. The molecule has 2 aliphatic rings. The first kappa shape index (κ1) is 16.4. The van der Waals surface area contributed by atoms with E-state index < -0.39 is 0 Å². The highest BCUT2D eigenvalue weighted by molar-refractivity contribution is 5.94. The van der Waals surface area contributed by atoms with Gasteiger partial charge in [-0.2, -0.15) is 0 Å². The van der Waals surface area contributed by atoms with Gasteiger partial charge in [0.15, 0.2) is 0 Å². The second-order valence-electron chi connectivity index (χ2n) is 7.08. The van der Waals surface area contributed by atoms with E-state index in [0.29, 0.717) is 6.54 Å². The highest BCUT2D eigenvalue weighted by atomic mass is 16.5. The molecule has 3 rings (SSSR count). The van der Waals surface area contributed by atoms with Crippen molar-refractivity contribution in [3.63, 3.8) is 0 Å². The number of likely N-dealkylation sites (tertiary alicyclic amines) is 1. The van der Waals surface area contributed by atoms with Gasteiger partial charge >= 0.3 is 0 Å². The van der Waals surface area contributed by atoms with Crippen molar-refractivity contribution in [2.24, 2.45) is 11.1 Å². The van der Waals surface area contributed by atoms with E-state index in [1.165, 1.54) is 5.56 Å². The van der Waals surface area contributed by atoms with Gasteiger partial charge in [0.05, 0.1) is 13.2 Å². The maximum atomic E-state index is 12.7. The molecule has 5 nitrogen and oxygen atoms in total. The van der Waals surface area contributed by atoms with Gasteiger partial charge in [-0.1, -0.05) is 19.1 Å². The van der Waals surface area contributed by atoms with Gasteiger partial charge in [0.1, 0.15) is 0 Å². The quantitative estimate of drug-likeness (QED) is 0.910. The van der Waals surface area contributed by atoms with Crippen LogP contribution in [0.1, 0.15) is 29.3 Å². The van der Waals surface area contributed by atoms with Gasteiger partial charge in [-0.25, -0.2) is 0 Å². The van der Waals surface area contributed by atoms with Crippen molar-refractivity contribution in [2.75, 3.05) is 45.9 Å². The molecule has 1 aromatic rings. The summed E-state index contributed by atoms with van der Waals surface area (Å²) in [7, 11) is 0. The van der Waals surface area contributed by atoms with Crippen LogP contribution in [0.25, 0.3) is 0 Å². The molecular weight excluding hydrogens is 290 g/mol. The summed E-state index contributed by atoms with van der Waals surface area (Å²) in [5.41, 5.74) is 7.90. The summed E-state index contributed by atoms with van der Waals surface area (Å²) in [5.74, 6) is 0.131. The van der Waals surface area contributed by atoms with E-state index in [9.17, 15) is 4.79 Å². The minimum atomic E-state index is 0.0705. The molecule has 2 N–H and O–H groups in total. The molecular formula is C18H27N3O2. The fraction of sp³-hybridized carbons (Fsp3) is 0.611. The van der Waals surface area contributed by atoms with Crippen molar-refractivity contribution in [2.45, 2.75) is 19.9 Å². The summed E-state index contributed by atoms with van der Waals surface area (Å²) < 4.78 is 5.38. The molecule has 2 fully saturated rings. The van der Waals surface area contributed by atoms with Crippen LogP contribution in [0.3, 0.4) is 0 Å². The van der Waals surface area contributed by atoms with Crippen molar-refractivity contribution in [3.05, 3.63) is 35.4 Å². The van der Waals surface area contributed by atoms with Crippen LogP contribution in [0.2, 0.25) is 0 Å². The van der Waals surface area contributed by atoms with E-state index in [2.05, 4.69) is 17.9 Å². The number of nitrogens with zero attached hydrogens (tertiary/aromatic N) is 2. The third-order valence-electron chi connectivity index (χ3n) is 5.02. The number of ether oxygens (including phenoxy) is 1. The van der Waals surface area contributed by atoms with Gasteiger partial charge in [-0.05, 0) is 36.1 Å². The molecule has 0 saturated carbocycles. The Morgan fingerprint density at radius 2 is 2.09 bits per heavy atom. The summed E-state index contributed by atoms with van der Waals surface area (Å²) in [6, 6.07) is 8.04. The predicted octanol–water partition coefficient (Wildman–Crippen LogP) is 1.33. The Labute approximate surface area is 138 Å². The molecule has 0 bridgehead atoms. The highest BCUT2D eigenvalue weighted by Crippen LogP contribution is 2.29. The number of amides is 1. The predicted molar refractivity (Wildman–Crippen MR) is 90.2 cm³/mol. The number of morpholine rings is 1. The average Bonchev–Trinajstić information content (AvgIpc) is 2.98. The molecule has 23 heavy (non-hydrogen) atoms. The number of benzene rings is 1. The molecule has 2 aliphatic heterocycles. The van der Waals surface area contributed by atoms with E-state index in [0.717, 1.165) is 57.9 Å². The fourth-order valence-electron chi connectivity index (χ4n) is 3.37. The fourth-order valence-corrected chi connectivity index (χ4v) is 3.37. The number of nitrogens with two attached hydrogens (primary N) is 1. The number of hydrogen-bond acceptors (Lipinski definition) is 4. The first-order valence-corrected chi connectivity index (χ1v) is 8.48. The lowest BCUT2D eigenvalue weighted by Crippen LogP contribution is -2.36. The number of carbonyl (C=O) groups is 1. The largest absolute Gasteiger partial charge is 0.379 e. The van der Waals surface area contributed by atoms with Crippen LogP contribution >= 0.6 is 0 Å². The van der Waals surface area contributed by atoms with Crippen LogP contribution in [0.15, 0.2) is 24.3 Å². The van der Waals surface area contributed by atoms with E-state index in [4.69, 9.17) is 10.5 Å². The molecule has 1 unspecified atom stereocenters. The zero-order chi connectivity index (χ0) is 16.3. The van der Waals surface area contributed by atoms with Gasteiger partial charge in [0.2, 0.25) is 0 Å². The Morgan fingerprint density at radius 1 is 1.30 bits per heavy atom. The summed E-state index contributed by atoms with van der Waals surface area (Å²) in [6.07, 6.45) is 0.989. The highest BCUT2D eigenvalue weighted by Gasteiger charge is 2.35. The maximum Gasteiger partial charge on any atom is 0.253 e. The van der Waals surface area contributed by atoms with Crippen molar-refractivity contribution < 1.29 is 9.53 Å². The lowest BCUT2D eigenvalue weighted by atomic mass is 9.90. The van der Waals surface area contributed by atoms with Gasteiger partial charge in [-0.3, -0.25) is 9.69 Å². The lowest BCUT2D eigenvalue weighted by Gasteiger charge is -2.27. The van der Waals surface area contributed by atoms with Gasteiger partial charge in [-0.15, -0.1) is 0 Å². The van der Waals surface area contributed by atoms with Crippen molar-refractivity contribution in [1.29, 1.82) is 0 Å². The van der Waals surface area contributed by atoms with Crippen LogP contribution < -0.4 is 5.73 Å². The molecule has 0 radical (unpaired) electrons. The Balaban J connectivity index is 1.66. The average molecular weight is 317 g/mol. The molecule has 1 amide bonds. The second-order valence-corrected chi connectivity index (χ2v) is 7.08. The topological polar surface area (TPSA) is 58.8 Å². The van der Waals surface area contributed by atoms with Crippen LogP contribution in [-0.2, 0) is 11.3 Å². The second kappa shape index (κ2) is 6.99. The number of rotatable bonds is 4. The third kappa shape index (κ3) is 3.91. The molecule has 0 spiro atoms. The summed E-state index contributed by atoms with van der Waals surface area (Å²) >= 11 is 0.